The van der Waals surface area contributed by atoms with E-state index in [1.807, 2.05) is 0 Å². The molecule has 2 saturated heterocycles. The SMILES string of the molecule is COc1ccc(Cl)cc1C(=O)NC1C[C@H]2CC[C@@H](C1)N2C. The fourth-order valence-corrected chi connectivity index (χ4v) is 3.82. The molecule has 1 aromatic rings. The molecule has 2 aliphatic heterocycles. The number of halogens is 1. The summed E-state index contributed by atoms with van der Waals surface area (Å²) in [5.74, 6) is 0.469. The molecule has 0 aromatic heterocycles. The lowest BCUT2D eigenvalue weighted by Crippen LogP contribution is -2.48. The molecule has 114 valence electrons. The summed E-state index contributed by atoms with van der Waals surface area (Å²) in [5, 5.41) is 3.70. The normalized spacial score (nSPS) is 28.4. The number of hydrogen-bond donors (Lipinski definition) is 1. The van der Waals surface area contributed by atoms with Crippen molar-refractivity contribution in [2.75, 3.05) is 14.2 Å². The molecule has 0 aliphatic carbocycles. The third-order valence-electron chi connectivity index (χ3n) is 4.84. The summed E-state index contributed by atoms with van der Waals surface area (Å²) in [5.41, 5.74) is 0.510. The van der Waals surface area contributed by atoms with Crippen LogP contribution in [0.5, 0.6) is 5.75 Å². The molecule has 2 heterocycles. The molecule has 3 atom stereocenters. The van der Waals surface area contributed by atoms with Crippen LogP contribution in [-0.2, 0) is 0 Å². The number of nitrogens with zero attached hydrogens (tertiary/aromatic N) is 1. The predicted octanol–water partition coefficient (Wildman–Crippen LogP) is 2.70. The van der Waals surface area contributed by atoms with Gasteiger partial charge in [0.1, 0.15) is 5.75 Å². The Morgan fingerprint density at radius 2 is 2.00 bits per heavy atom. The van der Waals surface area contributed by atoms with Crippen molar-refractivity contribution in [3.63, 3.8) is 0 Å². The van der Waals surface area contributed by atoms with Crippen LogP contribution in [0.15, 0.2) is 18.2 Å². The Balaban J connectivity index is 1.71. The summed E-state index contributed by atoms with van der Waals surface area (Å²) in [6.45, 7) is 0. The minimum Gasteiger partial charge on any atom is -0.496 e. The van der Waals surface area contributed by atoms with Crippen molar-refractivity contribution < 1.29 is 9.53 Å². The smallest absolute Gasteiger partial charge is 0.255 e. The van der Waals surface area contributed by atoms with Crippen LogP contribution < -0.4 is 10.1 Å². The molecule has 0 radical (unpaired) electrons. The van der Waals surface area contributed by atoms with Gasteiger partial charge < -0.3 is 15.0 Å². The number of carbonyl (C=O) groups excluding carboxylic acids is 1. The second-order valence-corrected chi connectivity index (χ2v) is 6.47. The quantitative estimate of drug-likeness (QED) is 0.933. The van der Waals surface area contributed by atoms with Crippen LogP contribution in [0.2, 0.25) is 5.02 Å². The van der Waals surface area contributed by atoms with Crippen molar-refractivity contribution in [1.82, 2.24) is 10.2 Å². The summed E-state index contributed by atoms with van der Waals surface area (Å²) in [7, 11) is 3.76. The zero-order valence-electron chi connectivity index (χ0n) is 12.4. The molecule has 1 aromatic carbocycles. The molecule has 5 heteroatoms. The van der Waals surface area contributed by atoms with Gasteiger partial charge in [0, 0.05) is 23.1 Å². The molecule has 0 saturated carbocycles. The second kappa shape index (κ2) is 5.85. The first-order valence-corrected chi connectivity index (χ1v) is 7.82. The van der Waals surface area contributed by atoms with Crippen molar-refractivity contribution in [3.05, 3.63) is 28.8 Å². The first-order chi connectivity index (χ1) is 10.1. The van der Waals surface area contributed by atoms with Gasteiger partial charge in [-0.05, 0) is 50.9 Å². The van der Waals surface area contributed by atoms with Crippen LogP contribution in [0.25, 0.3) is 0 Å². The van der Waals surface area contributed by atoms with Gasteiger partial charge >= 0.3 is 0 Å². The zero-order chi connectivity index (χ0) is 15.0. The Labute approximate surface area is 130 Å². The maximum Gasteiger partial charge on any atom is 0.255 e. The van der Waals surface area contributed by atoms with Gasteiger partial charge in [-0.15, -0.1) is 0 Å². The van der Waals surface area contributed by atoms with Crippen molar-refractivity contribution in [2.45, 2.75) is 43.8 Å². The number of fused-ring (bicyclic) bond motifs is 2. The van der Waals surface area contributed by atoms with E-state index in [0.717, 1.165) is 12.8 Å². The van der Waals surface area contributed by atoms with Crippen LogP contribution in [-0.4, -0.2) is 43.1 Å². The Morgan fingerprint density at radius 1 is 1.33 bits per heavy atom. The lowest BCUT2D eigenvalue weighted by molar-refractivity contribution is 0.0879. The predicted molar refractivity (Wildman–Crippen MR) is 83.1 cm³/mol. The number of piperidine rings is 1. The van der Waals surface area contributed by atoms with Crippen molar-refractivity contribution in [3.8, 4) is 5.75 Å². The highest BCUT2D eigenvalue weighted by Gasteiger charge is 2.38. The van der Waals surface area contributed by atoms with Gasteiger partial charge in [-0.25, -0.2) is 0 Å². The molecule has 4 nitrogen and oxygen atoms in total. The van der Waals surface area contributed by atoms with Gasteiger partial charge in [-0.2, -0.15) is 0 Å². The number of amides is 1. The largest absolute Gasteiger partial charge is 0.496 e. The molecule has 1 unspecified atom stereocenters. The average molecular weight is 309 g/mol. The molecular weight excluding hydrogens is 288 g/mol. The topological polar surface area (TPSA) is 41.6 Å². The van der Waals surface area contributed by atoms with Crippen molar-refractivity contribution in [2.24, 2.45) is 0 Å². The monoisotopic (exact) mass is 308 g/mol. The Morgan fingerprint density at radius 3 is 2.62 bits per heavy atom. The number of benzene rings is 1. The van der Waals surface area contributed by atoms with E-state index in [9.17, 15) is 4.79 Å². The molecule has 1 amide bonds. The van der Waals surface area contributed by atoms with E-state index in [1.54, 1.807) is 25.3 Å². The molecule has 3 rings (SSSR count). The number of methoxy groups -OCH3 is 1. The standard InChI is InChI=1S/C16H21ClN2O2/c1-19-12-4-5-13(19)9-11(8-12)18-16(20)14-7-10(17)3-6-15(14)21-2/h3,6-7,11-13H,4-5,8-9H2,1-2H3,(H,18,20)/t11?,12-,13+. The molecule has 1 N–H and O–H groups in total. The highest BCUT2D eigenvalue weighted by molar-refractivity contribution is 6.31. The molecular formula is C16H21ClN2O2. The summed E-state index contributed by atoms with van der Waals surface area (Å²) >= 11 is 5.99. The number of carbonyl (C=O) groups is 1. The lowest BCUT2D eigenvalue weighted by Gasteiger charge is -2.36. The highest BCUT2D eigenvalue weighted by Crippen LogP contribution is 2.34. The number of ether oxygens (including phenoxy) is 1. The van der Waals surface area contributed by atoms with Crippen molar-refractivity contribution >= 4 is 17.5 Å². The van der Waals surface area contributed by atoms with E-state index >= 15 is 0 Å². The van der Waals surface area contributed by atoms with Gasteiger partial charge in [0.15, 0.2) is 0 Å². The zero-order valence-corrected chi connectivity index (χ0v) is 13.2. The Hall–Kier alpha value is -1.26. The summed E-state index contributed by atoms with van der Waals surface area (Å²) in [6.07, 6.45) is 4.55. The van der Waals surface area contributed by atoms with Gasteiger partial charge in [-0.3, -0.25) is 4.79 Å². The third-order valence-corrected chi connectivity index (χ3v) is 5.07. The first kappa shape index (κ1) is 14.7. The van der Waals surface area contributed by atoms with E-state index in [2.05, 4.69) is 17.3 Å². The van der Waals surface area contributed by atoms with E-state index in [0.29, 0.717) is 28.4 Å². The lowest BCUT2D eigenvalue weighted by atomic mass is 9.97. The fraction of sp³-hybridized carbons (Fsp3) is 0.562. The average Bonchev–Trinajstić information content (AvgIpc) is 2.69. The third kappa shape index (κ3) is 2.87. The highest BCUT2D eigenvalue weighted by atomic mass is 35.5. The van der Waals surface area contributed by atoms with Crippen LogP contribution in [0.1, 0.15) is 36.0 Å². The van der Waals surface area contributed by atoms with Gasteiger partial charge in [-0.1, -0.05) is 11.6 Å². The Kier molecular flexibility index (Phi) is 4.09. The molecule has 0 spiro atoms. The molecule has 21 heavy (non-hydrogen) atoms. The summed E-state index contributed by atoms with van der Waals surface area (Å²) in [6, 6.07) is 6.59. The van der Waals surface area contributed by atoms with Crippen molar-refractivity contribution in [1.29, 1.82) is 0 Å². The molecule has 2 bridgehead atoms. The number of rotatable bonds is 3. The van der Waals surface area contributed by atoms with Crippen LogP contribution in [0.3, 0.4) is 0 Å². The van der Waals surface area contributed by atoms with E-state index in [4.69, 9.17) is 16.3 Å². The van der Waals surface area contributed by atoms with Crippen LogP contribution in [0.4, 0.5) is 0 Å². The van der Waals surface area contributed by atoms with Crippen LogP contribution >= 0.6 is 11.6 Å². The first-order valence-electron chi connectivity index (χ1n) is 7.45. The maximum atomic E-state index is 12.5. The van der Waals surface area contributed by atoms with E-state index < -0.39 is 0 Å². The second-order valence-electron chi connectivity index (χ2n) is 6.04. The van der Waals surface area contributed by atoms with E-state index in [-0.39, 0.29) is 11.9 Å². The van der Waals surface area contributed by atoms with E-state index in [1.165, 1.54) is 12.8 Å². The molecule has 2 aliphatic rings. The fourth-order valence-electron chi connectivity index (χ4n) is 3.65. The maximum absolute atomic E-state index is 12.5. The summed E-state index contributed by atoms with van der Waals surface area (Å²) in [4.78, 5) is 15.0. The minimum atomic E-state index is -0.0942. The number of nitrogens with one attached hydrogen (secondary N) is 1. The van der Waals surface area contributed by atoms with Gasteiger partial charge in [0.25, 0.3) is 5.91 Å². The Bertz CT molecular complexity index is 535. The number of hydrogen-bond acceptors (Lipinski definition) is 3. The minimum absolute atomic E-state index is 0.0942. The van der Waals surface area contributed by atoms with Crippen LogP contribution in [0, 0.1) is 0 Å². The van der Waals surface area contributed by atoms with Gasteiger partial charge in [0.05, 0.1) is 12.7 Å². The summed E-state index contributed by atoms with van der Waals surface area (Å²) < 4.78 is 5.25. The molecule has 2 fully saturated rings. The van der Waals surface area contributed by atoms with Gasteiger partial charge in [0.2, 0.25) is 0 Å².